The topological polar surface area (TPSA) is 72.7 Å². The van der Waals surface area contributed by atoms with E-state index in [2.05, 4.69) is 14.9 Å². The lowest BCUT2D eigenvalue weighted by Crippen LogP contribution is -2.19. The van der Waals surface area contributed by atoms with Gasteiger partial charge < -0.3 is 14.6 Å². The molecule has 174 valence electrons. The number of halogens is 1. The number of hydrogen-bond donors (Lipinski definition) is 1. The standard InChI is InChI=1S/C27H20FN3O3S/c1-34-26(33)18-6-4-5-17(13-18)15-31-16-19(22-7-2-3-8-23(22)31)14-24-25(32)30-27(35-24)29-21-11-9-20(28)10-12-21/h2-14,16H,15H2,1H3,(H,29,30,32)/b24-14-. The van der Waals surface area contributed by atoms with E-state index in [0.717, 1.165) is 22.0 Å². The van der Waals surface area contributed by atoms with E-state index < -0.39 is 0 Å². The second-order valence-electron chi connectivity index (χ2n) is 7.88. The van der Waals surface area contributed by atoms with Crippen LogP contribution in [0.1, 0.15) is 21.5 Å². The molecule has 0 bridgehead atoms. The Kier molecular flexibility index (Phi) is 6.20. The highest BCUT2D eigenvalue weighted by atomic mass is 32.2. The normalized spacial score (nSPS) is 15.7. The fraction of sp³-hybridized carbons (Fsp3) is 0.0741. The van der Waals surface area contributed by atoms with Gasteiger partial charge >= 0.3 is 5.97 Å². The van der Waals surface area contributed by atoms with E-state index in [-0.39, 0.29) is 17.7 Å². The number of thioether (sulfide) groups is 1. The predicted molar refractivity (Wildman–Crippen MR) is 136 cm³/mol. The maximum atomic E-state index is 13.2. The molecule has 1 aliphatic heterocycles. The molecule has 0 radical (unpaired) electrons. The monoisotopic (exact) mass is 485 g/mol. The van der Waals surface area contributed by atoms with Crippen LogP contribution in [0.5, 0.6) is 0 Å². The van der Waals surface area contributed by atoms with E-state index in [9.17, 15) is 14.0 Å². The quantitative estimate of drug-likeness (QED) is 0.299. The average Bonchev–Trinajstić information content (AvgIpc) is 3.39. The number of esters is 1. The van der Waals surface area contributed by atoms with Gasteiger partial charge in [0.25, 0.3) is 5.91 Å². The Morgan fingerprint density at radius 3 is 2.71 bits per heavy atom. The lowest BCUT2D eigenvalue weighted by molar-refractivity contribution is -0.115. The van der Waals surface area contributed by atoms with Crippen molar-refractivity contribution in [1.29, 1.82) is 0 Å². The number of nitrogens with zero attached hydrogens (tertiary/aromatic N) is 2. The number of amides is 1. The van der Waals surface area contributed by atoms with Crippen molar-refractivity contribution in [2.24, 2.45) is 4.99 Å². The minimum absolute atomic E-state index is 0.238. The van der Waals surface area contributed by atoms with Crippen LogP contribution < -0.4 is 5.32 Å². The number of para-hydroxylation sites is 1. The lowest BCUT2D eigenvalue weighted by Gasteiger charge is -2.07. The first-order valence-electron chi connectivity index (χ1n) is 10.8. The zero-order valence-corrected chi connectivity index (χ0v) is 19.5. The average molecular weight is 486 g/mol. The molecular formula is C27H20FN3O3S. The highest BCUT2D eigenvalue weighted by Crippen LogP contribution is 2.31. The van der Waals surface area contributed by atoms with Gasteiger partial charge in [-0.05, 0) is 65.9 Å². The first-order chi connectivity index (χ1) is 17.0. The van der Waals surface area contributed by atoms with Crippen molar-refractivity contribution in [3.63, 3.8) is 0 Å². The number of aliphatic imine (C=N–C) groups is 1. The van der Waals surface area contributed by atoms with Crippen LogP contribution in [0.15, 0.2) is 88.9 Å². The van der Waals surface area contributed by atoms with Crippen molar-refractivity contribution >= 4 is 51.5 Å². The van der Waals surface area contributed by atoms with Gasteiger partial charge in [0, 0.05) is 29.2 Å². The predicted octanol–water partition coefficient (Wildman–Crippen LogP) is 5.51. The van der Waals surface area contributed by atoms with Gasteiger partial charge in [0.05, 0.1) is 23.3 Å². The number of hydrogen-bond acceptors (Lipinski definition) is 5. The van der Waals surface area contributed by atoms with E-state index >= 15 is 0 Å². The van der Waals surface area contributed by atoms with Crippen LogP contribution in [0.25, 0.3) is 17.0 Å². The molecule has 2 heterocycles. The Hall–Kier alpha value is -4.17. The van der Waals surface area contributed by atoms with Crippen LogP contribution in [0, 0.1) is 5.82 Å². The summed E-state index contributed by atoms with van der Waals surface area (Å²) in [5, 5.41) is 4.21. The first-order valence-corrected chi connectivity index (χ1v) is 11.6. The van der Waals surface area contributed by atoms with Crippen molar-refractivity contribution in [3.05, 3.63) is 106 Å². The summed E-state index contributed by atoms with van der Waals surface area (Å²) in [6.45, 7) is 0.547. The molecule has 1 amide bonds. The van der Waals surface area contributed by atoms with Gasteiger partial charge in [0.2, 0.25) is 0 Å². The summed E-state index contributed by atoms with van der Waals surface area (Å²) < 4.78 is 20.1. The smallest absolute Gasteiger partial charge is 0.337 e. The summed E-state index contributed by atoms with van der Waals surface area (Å²) in [6, 6.07) is 21.0. The summed E-state index contributed by atoms with van der Waals surface area (Å²) in [6.07, 6.45) is 3.84. The van der Waals surface area contributed by atoms with E-state index in [0.29, 0.717) is 27.9 Å². The minimum atomic E-state index is -0.378. The van der Waals surface area contributed by atoms with Gasteiger partial charge in [-0.3, -0.25) is 4.79 Å². The van der Waals surface area contributed by atoms with Crippen molar-refractivity contribution < 1.29 is 18.7 Å². The van der Waals surface area contributed by atoms with Crippen molar-refractivity contribution in [2.45, 2.75) is 6.54 Å². The Balaban J connectivity index is 1.45. The van der Waals surface area contributed by atoms with Crippen LogP contribution in [0.4, 0.5) is 10.1 Å². The minimum Gasteiger partial charge on any atom is -0.465 e. The van der Waals surface area contributed by atoms with Crippen LogP contribution in [-0.4, -0.2) is 28.7 Å². The number of carbonyl (C=O) groups is 2. The molecule has 6 nitrogen and oxygen atoms in total. The molecule has 0 unspecified atom stereocenters. The molecule has 1 saturated heterocycles. The molecule has 1 aliphatic rings. The number of carbonyl (C=O) groups excluding carboxylic acids is 2. The third-order valence-electron chi connectivity index (χ3n) is 5.52. The van der Waals surface area contributed by atoms with Crippen LogP contribution in [0.3, 0.4) is 0 Å². The SMILES string of the molecule is COC(=O)c1cccc(Cn2cc(/C=C3\SC(=Nc4ccc(F)cc4)NC3=O)c3ccccc32)c1. The Morgan fingerprint density at radius 1 is 1.11 bits per heavy atom. The molecule has 0 atom stereocenters. The highest BCUT2D eigenvalue weighted by Gasteiger charge is 2.24. The van der Waals surface area contributed by atoms with Crippen molar-refractivity contribution in [1.82, 2.24) is 9.88 Å². The maximum Gasteiger partial charge on any atom is 0.337 e. The van der Waals surface area contributed by atoms with Gasteiger partial charge in [-0.1, -0.05) is 30.3 Å². The van der Waals surface area contributed by atoms with Crippen LogP contribution >= 0.6 is 11.8 Å². The van der Waals surface area contributed by atoms with Crippen LogP contribution in [0.2, 0.25) is 0 Å². The number of nitrogens with one attached hydrogen (secondary N) is 1. The van der Waals surface area contributed by atoms with Crippen molar-refractivity contribution in [2.75, 3.05) is 7.11 Å². The number of methoxy groups -OCH3 is 1. The van der Waals surface area contributed by atoms with E-state index in [1.165, 1.54) is 31.0 Å². The second-order valence-corrected chi connectivity index (χ2v) is 8.91. The maximum absolute atomic E-state index is 13.2. The largest absolute Gasteiger partial charge is 0.465 e. The van der Waals surface area contributed by atoms with Gasteiger partial charge in [-0.25, -0.2) is 14.2 Å². The zero-order chi connectivity index (χ0) is 24.4. The number of amidine groups is 1. The molecule has 1 N–H and O–H groups in total. The molecule has 8 heteroatoms. The van der Waals surface area contributed by atoms with Gasteiger partial charge in [-0.15, -0.1) is 0 Å². The summed E-state index contributed by atoms with van der Waals surface area (Å²) in [5.74, 6) is -0.957. The lowest BCUT2D eigenvalue weighted by atomic mass is 10.1. The third-order valence-corrected chi connectivity index (χ3v) is 6.43. The molecule has 3 aromatic carbocycles. The summed E-state index contributed by atoms with van der Waals surface area (Å²) in [4.78, 5) is 29.4. The molecule has 0 aliphatic carbocycles. The third kappa shape index (κ3) is 4.88. The van der Waals surface area contributed by atoms with Gasteiger partial charge in [-0.2, -0.15) is 0 Å². The Labute approximate surface area is 205 Å². The van der Waals surface area contributed by atoms with E-state index in [1.54, 1.807) is 18.2 Å². The number of rotatable bonds is 5. The van der Waals surface area contributed by atoms with Crippen molar-refractivity contribution in [3.8, 4) is 0 Å². The molecule has 35 heavy (non-hydrogen) atoms. The Morgan fingerprint density at radius 2 is 1.91 bits per heavy atom. The Bertz CT molecular complexity index is 1510. The van der Waals surface area contributed by atoms with Crippen LogP contribution in [-0.2, 0) is 16.1 Å². The summed E-state index contributed by atoms with van der Waals surface area (Å²) in [5.41, 5.74) is 3.91. The summed E-state index contributed by atoms with van der Waals surface area (Å²) >= 11 is 1.24. The fourth-order valence-electron chi connectivity index (χ4n) is 3.89. The first kappa shape index (κ1) is 22.6. The molecule has 1 aromatic heterocycles. The van der Waals surface area contributed by atoms with Gasteiger partial charge in [0.1, 0.15) is 5.82 Å². The zero-order valence-electron chi connectivity index (χ0n) is 18.7. The second kappa shape index (κ2) is 9.60. The fourth-order valence-corrected chi connectivity index (χ4v) is 4.72. The molecule has 1 fully saturated rings. The summed E-state index contributed by atoms with van der Waals surface area (Å²) in [7, 11) is 1.36. The van der Waals surface area contributed by atoms with E-state index in [4.69, 9.17) is 4.74 Å². The number of ether oxygens (including phenoxy) is 1. The molecule has 4 aromatic rings. The van der Waals surface area contributed by atoms with Gasteiger partial charge in [0.15, 0.2) is 5.17 Å². The molecule has 0 spiro atoms. The number of benzene rings is 3. The molecular weight excluding hydrogens is 465 g/mol. The molecule has 5 rings (SSSR count). The molecule has 0 saturated carbocycles. The van der Waals surface area contributed by atoms with E-state index in [1.807, 2.05) is 54.7 Å². The number of fused-ring (bicyclic) bond motifs is 1. The number of aromatic nitrogens is 1. The highest BCUT2D eigenvalue weighted by molar-refractivity contribution is 8.18.